The van der Waals surface area contributed by atoms with Crippen LogP contribution in [0.5, 0.6) is 0 Å². The topological polar surface area (TPSA) is 59.2 Å². The molecule has 1 fully saturated rings. The van der Waals surface area contributed by atoms with Gasteiger partial charge in [-0.15, -0.1) is 0 Å². The molecule has 5 rings (SSSR count). The Labute approximate surface area is 169 Å². The van der Waals surface area contributed by atoms with E-state index in [1.807, 2.05) is 11.8 Å². The van der Waals surface area contributed by atoms with Crippen molar-refractivity contribution in [3.8, 4) is 0 Å². The highest BCUT2D eigenvalue weighted by Crippen LogP contribution is 2.21. The van der Waals surface area contributed by atoms with Crippen molar-refractivity contribution in [1.82, 2.24) is 29.4 Å². The van der Waals surface area contributed by atoms with E-state index in [4.69, 9.17) is 5.10 Å². The van der Waals surface area contributed by atoms with Crippen molar-refractivity contribution in [2.75, 3.05) is 38.5 Å². The Balaban J connectivity index is 1.12. The van der Waals surface area contributed by atoms with Gasteiger partial charge in [0.15, 0.2) is 0 Å². The first kappa shape index (κ1) is 18.4. The Bertz CT molecular complexity index is 877. The highest BCUT2D eigenvalue weighted by Gasteiger charge is 2.20. The zero-order valence-corrected chi connectivity index (χ0v) is 17.2. The Morgan fingerprint density at radius 1 is 0.964 bits per heavy atom. The Kier molecular flexibility index (Phi) is 5.26. The van der Waals surface area contributed by atoms with Crippen LogP contribution in [0.2, 0.25) is 0 Å². The van der Waals surface area contributed by atoms with Crippen LogP contribution in [0.4, 0.5) is 0 Å². The van der Waals surface area contributed by atoms with Crippen molar-refractivity contribution in [3.05, 3.63) is 45.1 Å². The number of fused-ring (bicyclic) bond motifs is 2. The lowest BCUT2D eigenvalue weighted by molar-refractivity contribution is 0.121. The summed E-state index contributed by atoms with van der Waals surface area (Å²) in [6.07, 6.45) is 3.40. The van der Waals surface area contributed by atoms with E-state index in [2.05, 4.69) is 25.6 Å². The Morgan fingerprint density at radius 3 is 2.68 bits per heavy atom. The van der Waals surface area contributed by atoms with Gasteiger partial charge in [0, 0.05) is 69.7 Å². The molecule has 0 unspecified atom stereocenters. The van der Waals surface area contributed by atoms with Gasteiger partial charge >= 0.3 is 0 Å². The summed E-state index contributed by atoms with van der Waals surface area (Å²) in [5.74, 6) is 2.04. The summed E-state index contributed by atoms with van der Waals surface area (Å²) < 4.78 is 3.85. The number of aryl methyl sites for hydroxylation is 3. The van der Waals surface area contributed by atoms with E-state index in [-0.39, 0.29) is 5.56 Å². The summed E-state index contributed by atoms with van der Waals surface area (Å²) in [4.78, 5) is 17.3. The number of thioether (sulfide) groups is 1. The smallest absolute Gasteiger partial charge is 0.267 e. The van der Waals surface area contributed by atoms with E-state index >= 15 is 0 Å². The quantitative estimate of drug-likeness (QED) is 0.746. The molecule has 0 spiro atoms. The van der Waals surface area contributed by atoms with Crippen molar-refractivity contribution in [2.24, 2.45) is 0 Å². The van der Waals surface area contributed by atoms with E-state index in [9.17, 15) is 4.79 Å². The number of aromatic nitrogens is 4. The molecule has 0 radical (unpaired) electrons. The molecular formula is C20H28N6OS. The van der Waals surface area contributed by atoms with Crippen LogP contribution < -0.4 is 5.56 Å². The molecule has 150 valence electrons. The first-order chi connectivity index (χ1) is 13.7. The van der Waals surface area contributed by atoms with Gasteiger partial charge in [0.05, 0.1) is 17.9 Å². The zero-order chi connectivity index (χ0) is 18.9. The summed E-state index contributed by atoms with van der Waals surface area (Å²) >= 11 is 1.89. The fourth-order valence-electron chi connectivity index (χ4n) is 4.45. The first-order valence-electron chi connectivity index (χ1n) is 10.4. The van der Waals surface area contributed by atoms with Crippen LogP contribution in [-0.4, -0.2) is 67.8 Å². The molecule has 3 aliphatic rings. The lowest BCUT2D eigenvalue weighted by Gasteiger charge is -2.34. The van der Waals surface area contributed by atoms with Gasteiger partial charge in [-0.25, -0.2) is 4.68 Å². The predicted octanol–water partition coefficient (Wildman–Crippen LogP) is 0.993. The summed E-state index contributed by atoms with van der Waals surface area (Å²) in [6.45, 7) is 7.83. The largest absolute Gasteiger partial charge is 0.299 e. The van der Waals surface area contributed by atoms with Gasteiger partial charge in [-0.1, -0.05) is 0 Å². The summed E-state index contributed by atoms with van der Waals surface area (Å²) in [5.41, 5.74) is 4.92. The third kappa shape index (κ3) is 3.90. The van der Waals surface area contributed by atoms with Crippen LogP contribution in [-0.2, 0) is 38.2 Å². The predicted molar refractivity (Wildman–Crippen MR) is 111 cm³/mol. The van der Waals surface area contributed by atoms with Gasteiger partial charge in [-0.05, 0) is 30.2 Å². The second-order valence-electron chi connectivity index (χ2n) is 8.05. The molecule has 2 aromatic rings. The number of rotatable bonds is 5. The standard InChI is InChI=1S/C20H28N6OS/c27-20-12-16-15-28-11-3-19(16)22-26(20)10-9-23-5-7-24(8-6-23)14-17-13-18-2-1-4-25(18)21-17/h12-13H,1-11,14-15H2. The monoisotopic (exact) mass is 400 g/mol. The minimum Gasteiger partial charge on any atom is -0.299 e. The second kappa shape index (κ2) is 8.00. The normalized spacial score (nSPS) is 20.3. The Morgan fingerprint density at radius 2 is 1.82 bits per heavy atom. The molecule has 8 heteroatoms. The van der Waals surface area contributed by atoms with Crippen molar-refractivity contribution in [1.29, 1.82) is 0 Å². The van der Waals surface area contributed by atoms with E-state index in [1.54, 1.807) is 10.7 Å². The molecule has 28 heavy (non-hydrogen) atoms. The van der Waals surface area contributed by atoms with Crippen molar-refractivity contribution in [2.45, 2.75) is 44.6 Å². The minimum absolute atomic E-state index is 0.0488. The number of nitrogens with zero attached hydrogens (tertiary/aromatic N) is 6. The average molecular weight is 401 g/mol. The number of hydrogen-bond donors (Lipinski definition) is 0. The maximum atomic E-state index is 12.3. The lowest BCUT2D eigenvalue weighted by atomic mass is 10.2. The zero-order valence-electron chi connectivity index (χ0n) is 16.3. The maximum Gasteiger partial charge on any atom is 0.267 e. The molecule has 2 aromatic heterocycles. The van der Waals surface area contributed by atoms with Crippen LogP contribution in [0.1, 0.15) is 29.1 Å². The third-order valence-corrected chi connectivity index (χ3v) is 7.11. The molecule has 3 aliphatic heterocycles. The Hall–Kier alpha value is -1.64. The van der Waals surface area contributed by atoms with Crippen molar-refractivity contribution in [3.63, 3.8) is 0 Å². The van der Waals surface area contributed by atoms with Gasteiger partial charge in [-0.3, -0.25) is 19.3 Å². The third-order valence-electron chi connectivity index (χ3n) is 6.10. The summed E-state index contributed by atoms with van der Waals surface area (Å²) in [7, 11) is 0. The molecule has 0 atom stereocenters. The molecule has 5 heterocycles. The van der Waals surface area contributed by atoms with Gasteiger partial charge < -0.3 is 0 Å². The number of hydrogen-bond acceptors (Lipinski definition) is 6. The fraction of sp³-hybridized carbons (Fsp3) is 0.650. The van der Waals surface area contributed by atoms with Crippen molar-refractivity contribution < 1.29 is 0 Å². The van der Waals surface area contributed by atoms with E-state index in [1.165, 1.54) is 24.2 Å². The van der Waals surface area contributed by atoms with E-state index < -0.39 is 0 Å². The molecule has 0 amide bonds. The molecule has 0 aliphatic carbocycles. The van der Waals surface area contributed by atoms with Gasteiger partial charge in [0.25, 0.3) is 5.56 Å². The molecule has 0 bridgehead atoms. The van der Waals surface area contributed by atoms with E-state index in [0.717, 1.165) is 75.0 Å². The van der Waals surface area contributed by atoms with Crippen LogP contribution in [0.15, 0.2) is 16.9 Å². The SMILES string of the molecule is O=c1cc2c(nn1CCN1CCN(Cc3cc4n(n3)CCC4)CC1)CCSC2. The highest BCUT2D eigenvalue weighted by atomic mass is 32.2. The highest BCUT2D eigenvalue weighted by molar-refractivity contribution is 7.98. The molecular weight excluding hydrogens is 372 g/mol. The van der Waals surface area contributed by atoms with Crippen LogP contribution >= 0.6 is 11.8 Å². The average Bonchev–Trinajstić information content (AvgIpc) is 3.29. The van der Waals surface area contributed by atoms with E-state index in [0.29, 0.717) is 6.54 Å². The van der Waals surface area contributed by atoms with Gasteiger partial charge in [0.2, 0.25) is 0 Å². The summed E-state index contributed by atoms with van der Waals surface area (Å²) in [6, 6.07) is 4.08. The summed E-state index contributed by atoms with van der Waals surface area (Å²) in [5, 5.41) is 9.37. The van der Waals surface area contributed by atoms with Crippen molar-refractivity contribution >= 4 is 11.8 Å². The molecule has 0 aromatic carbocycles. The second-order valence-corrected chi connectivity index (χ2v) is 9.16. The maximum absolute atomic E-state index is 12.3. The minimum atomic E-state index is 0.0488. The molecule has 0 N–H and O–H groups in total. The fourth-order valence-corrected chi connectivity index (χ4v) is 5.40. The molecule has 7 nitrogen and oxygen atoms in total. The van der Waals surface area contributed by atoms with Gasteiger partial charge in [0.1, 0.15) is 0 Å². The lowest BCUT2D eigenvalue weighted by Crippen LogP contribution is -2.47. The number of piperazine rings is 1. The van der Waals surface area contributed by atoms with Crippen LogP contribution in [0, 0.1) is 0 Å². The first-order valence-corrected chi connectivity index (χ1v) is 11.6. The van der Waals surface area contributed by atoms with Crippen LogP contribution in [0.3, 0.4) is 0 Å². The van der Waals surface area contributed by atoms with Crippen LogP contribution in [0.25, 0.3) is 0 Å². The molecule has 0 saturated carbocycles. The molecule has 1 saturated heterocycles. The van der Waals surface area contributed by atoms with Gasteiger partial charge in [-0.2, -0.15) is 22.0 Å².